The molecule has 0 aliphatic carbocycles. The SMILES string of the molecule is Cc1ccc(C(O)CNCc2ccccc2F)cc1. The van der Waals surface area contributed by atoms with E-state index in [4.69, 9.17) is 0 Å². The molecule has 100 valence electrons. The molecular weight excluding hydrogens is 241 g/mol. The van der Waals surface area contributed by atoms with E-state index in [1.165, 1.54) is 6.07 Å². The van der Waals surface area contributed by atoms with Crippen LogP contribution in [0.3, 0.4) is 0 Å². The Bertz CT molecular complexity index is 525. The Kier molecular flexibility index (Phi) is 4.66. The first-order valence-electron chi connectivity index (χ1n) is 6.35. The van der Waals surface area contributed by atoms with Crippen molar-refractivity contribution in [2.75, 3.05) is 6.54 Å². The van der Waals surface area contributed by atoms with Crippen LogP contribution in [0.15, 0.2) is 48.5 Å². The second-order valence-electron chi connectivity index (χ2n) is 4.65. The molecule has 0 saturated heterocycles. The summed E-state index contributed by atoms with van der Waals surface area (Å²) < 4.78 is 13.4. The molecule has 0 spiro atoms. The number of halogens is 1. The Balaban J connectivity index is 1.86. The molecule has 0 fully saturated rings. The van der Waals surface area contributed by atoms with Crippen molar-refractivity contribution in [3.05, 3.63) is 71.0 Å². The van der Waals surface area contributed by atoms with Gasteiger partial charge in [0.15, 0.2) is 0 Å². The van der Waals surface area contributed by atoms with E-state index >= 15 is 0 Å². The summed E-state index contributed by atoms with van der Waals surface area (Å²) in [6.07, 6.45) is -0.577. The van der Waals surface area contributed by atoms with Crippen molar-refractivity contribution >= 4 is 0 Å². The van der Waals surface area contributed by atoms with Crippen molar-refractivity contribution in [2.24, 2.45) is 0 Å². The van der Waals surface area contributed by atoms with Crippen LogP contribution in [0.4, 0.5) is 4.39 Å². The molecule has 2 nitrogen and oxygen atoms in total. The second-order valence-corrected chi connectivity index (χ2v) is 4.65. The van der Waals surface area contributed by atoms with E-state index in [0.29, 0.717) is 18.7 Å². The summed E-state index contributed by atoms with van der Waals surface area (Å²) >= 11 is 0. The summed E-state index contributed by atoms with van der Waals surface area (Å²) in [4.78, 5) is 0. The van der Waals surface area contributed by atoms with Gasteiger partial charge in [0.1, 0.15) is 5.82 Å². The van der Waals surface area contributed by atoms with Gasteiger partial charge in [0.05, 0.1) is 6.10 Å². The van der Waals surface area contributed by atoms with Gasteiger partial charge in [-0.25, -0.2) is 4.39 Å². The molecule has 2 N–H and O–H groups in total. The molecule has 0 amide bonds. The van der Waals surface area contributed by atoms with Crippen molar-refractivity contribution in [3.8, 4) is 0 Å². The minimum Gasteiger partial charge on any atom is -0.387 e. The molecule has 0 bridgehead atoms. The highest BCUT2D eigenvalue weighted by atomic mass is 19.1. The predicted octanol–water partition coefficient (Wildman–Crippen LogP) is 2.96. The fourth-order valence-electron chi connectivity index (χ4n) is 1.89. The third-order valence-electron chi connectivity index (χ3n) is 3.07. The third kappa shape index (κ3) is 3.88. The van der Waals surface area contributed by atoms with Crippen LogP contribution in [0.1, 0.15) is 22.8 Å². The maximum absolute atomic E-state index is 13.4. The summed E-state index contributed by atoms with van der Waals surface area (Å²) in [5, 5.41) is 13.1. The number of aryl methyl sites for hydroxylation is 1. The zero-order chi connectivity index (χ0) is 13.7. The van der Waals surface area contributed by atoms with Gasteiger partial charge in [-0.2, -0.15) is 0 Å². The number of nitrogens with one attached hydrogen (secondary N) is 1. The van der Waals surface area contributed by atoms with Gasteiger partial charge in [-0.3, -0.25) is 0 Å². The molecular formula is C16H18FNO. The third-order valence-corrected chi connectivity index (χ3v) is 3.07. The minimum atomic E-state index is -0.577. The lowest BCUT2D eigenvalue weighted by molar-refractivity contribution is 0.174. The molecule has 1 atom stereocenters. The van der Waals surface area contributed by atoms with E-state index in [2.05, 4.69) is 5.32 Å². The number of rotatable bonds is 5. The number of aliphatic hydroxyl groups is 1. The highest BCUT2D eigenvalue weighted by Gasteiger charge is 2.07. The zero-order valence-corrected chi connectivity index (χ0v) is 10.9. The Hall–Kier alpha value is -1.71. The molecule has 1 unspecified atom stereocenters. The summed E-state index contributed by atoms with van der Waals surface area (Å²) in [7, 11) is 0. The van der Waals surface area contributed by atoms with Crippen LogP contribution >= 0.6 is 0 Å². The molecule has 0 aromatic heterocycles. The minimum absolute atomic E-state index is 0.222. The van der Waals surface area contributed by atoms with Crippen LogP contribution in [0.2, 0.25) is 0 Å². The van der Waals surface area contributed by atoms with Crippen molar-refractivity contribution < 1.29 is 9.50 Å². The van der Waals surface area contributed by atoms with Gasteiger partial charge >= 0.3 is 0 Å². The molecule has 2 aromatic rings. The van der Waals surface area contributed by atoms with E-state index in [1.54, 1.807) is 18.2 Å². The van der Waals surface area contributed by atoms with E-state index in [-0.39, 0.29) is 5.82 Å². The zero-order valence-electron chi connectivity index (χ0n) is 10.9. The standard InChI is InChI=1S/C16H18FNO/c1-12-6-8-13(9-7-12)16(19)11-18-10-14-4-2-3-5-15(14)17/h2-9,16,18-19H,10-11H2,1H3. The Labute approximate surface area is 112 Å². The predicted molar refractivity (Wildman–Crippen MR) is 74.2 cm³/mol. The van der Waals surface area contributed by atoms with Gasteiger partial charge < -0.3 is 10.4 Å². The van der Waals surface area contributed by atoms with Crippen LogP contribution in [0.5, 0.6) is 0 Å². The molecule has 0 radical (unpaired) electrons. The Morgan fingerprint density at radius 3 is 2.47 bits per heavy atom. The van der Waals surface area contributed by atoms with Gasteiger partial charge in [-0.1, -0.05) is 48.0 Å². The fourth-order valence-corrected chi connectivity index (χ4v) is 1.89. The van der Waals surface area contributed by atoms with Gasteiger partial charge in [-0.05, 0) is 18.6 Å². The molecule has 2 rings (SSSR count). The highest BCUT2D eigenvalue weighted by molar-refractivity contribution is 5.23. The summed E-state index contributed by atoms with van der Waals surface area (Å²) in [6, 6.07) is 14.4. The summed E-state index contributed by atoms with van der Waals surface area (Å²) in [5.41, 5.74) is 2.64. The first kappa shape index (κ1) is 13.7. The number of hydrogen-bond acceptors (Lipinski definition) is 2. The molecule has 0 saturated carbocycles. The van der Waals surface area contributed by atoms with Gasteiger partial charge in [0.25, 0.3) is 0 Å². The summed E-state index contributed by atoms with van der Waals surface area (Å²) in [5.74, 6) is -0.222. The number of hydrogen-bond donors (Lipinski definition) is 2. The maximum Gasteiger partial charge on any atom is 0.127 e. The van der Waals surface area contributed by atoms with Crippen molar-refractivity contribution in [3.63, 3.8) is 0 Å². The first-order valence-corrected chi connectivity index (χ1v) is 6.35. The van der Waals surface area contributed by atoms with E-state index < -0.39 is 6.10 Å². The Morgan fingerprint density at radius 1 is 1.11 bits per heavy atom. The molecule has 2 aromatic carbocycles. The topological polar surface area (TPSA) is 32.3 Å². The first-order chi connectivity index (χ1) is 9.16. The lowest BCUT2D eigenvalue weighted by atomic mass is 10.1. The quantitative estimate of drug-likeness (QED) is 0.865. The maximum atomic E-state index is 13.4. The monoisotopic (exact) mass is 259 g/mol. The summed E-state index contributed by atoms with van der Waals surface area (Å²) in [6.45, 7) is 2.82. The molecule has 0 aliphatic rings. The molecule has 0 aliphatic heterocycles. The fraction of sp³-hybridized carbons (Fsp3) is 0.250. The van der Waals surface area contributed by atoms with Gasteiger partial charge in [0.2, 0.25) is 0 Å². The Morgan fingerprint density at radius 2 is 1.79 bits per heavy atom. The van der Waals surface area contributed by atoms with Crippen molar-refractivity contribution in [1.29, 1.82) is 0 Å². The second kappa shape index (κ2) is 6.45. The van der Waals surface area contributed by atoms with Gasteiger partial charge in [-0.15, -0.1) is 0 Å². The van der Waals surface area contributed by atoms with Crippen LogP contribution in [0.25, 0.3) is 0 Å². The highest BCUT2D eigenvalue weighted by Crippen LogP contribution is 2.13. The van der Waals surface area contributed by atoms with Crippen LogP contribution in [-0.2, 0) is 6.54 Å². The van der Waals surface area contributed by atoms with E-state index in [1.807, 2.05) is 31.2 Å². The van der Waals surface area contributed by atoms with E-state index in [9.17, 15) is 9.50 Å². The average molecular weight is 259 g/mol. The normalized spacial score (nSPS) is 12.4. The van der Waals surface area contributed by atoms with Crippen LogP contribution in [0, 0.1) is 12.7 Å². The lowest BCUT2D eigenvalue weighted by Crippen LogP contribution is -2.21. The van der Waals surface area contributed by atoms with Gasteiger partial charge in [0, 0.05) is 18.7 Å². The number of benzene rings is 2. The molecule has 3 heteroatoms. The van der Waals surface area contributed by atoms with Crippen LogP contribution < -0.4 is 5.32 Å². The lowest BCUT2D eigenvalue weighted by Gasteiger charge is -2.12. The smallest absolute Gasteiger partial charge is 0.127 e. The van der Waals surface area contributed by atoms with E-state index in [0.717, 1.165) is 11.1 Å². The number of aliphatic hydroxyl groups excluding tert-OH is 1. The largest absolute Gasteiger partial charge is 0.387 e. The molecule has 0 heterocycles. The molecule has 19 heavy (non-hydrogen) atoms. The van der Waals surface area contributed by atoms with Crippen LogP contribution in [-0.4, -0.2) is 11.7 Å². The average Bonchev–Trinajstić information content (AvgIpc) is 2.41. The van der Waals surface area contributed by atoms with Crippen molar-refractivity contribution in [2.45, 2.75) is 19.6 Å². The van der Waals surface area contributed by atoms with Crippen molar-refractivity contribution in [1.82, 2.24) is 5.32 Å².